The number of hydrogen-bond acceptors (Lipinski definition) is 7. The van der Waals surface area contributed by atoms with E-state index in [1.54, 1.807) is 11.9 Å². The third-order valence-electron chi connectivity index (χ3n) is 5.45. The van der Waals surface area contributed by atoms with E-state index in [1.165, 1.54) is 23.1 Å². The smallest absolute Gasteiger partial charge is 0.230 e. The van der Waals surface area contributed by atoms with Crippen LogP contribution in [0.15, 0.2) is 58.9 Å². The quantitative estimate of drug-likeness (QED) is 0.422. The molecule has 0 saturated carbocycles. The van der Waals surface area contributed by atoms with Gasteiger partial charge in [-0.1, -0.05) is 53.4 Å². The number of benzene rings is 2. The Bertz CT molecular complexity index is 1200. The first-order valence-corrected chi connectivity index (χ1v) is 13.0. The number of hydrogen-bond donors (Lipinski definition) is 2. The van der Waals surface area contributed by atoms with Crippen LogP contribution in [-0.4, -0.2) is 48.7 Å². The third-order valence-corrected chi connectivity index (χ3v) is 7.57. The molecule has 0 spiro atoms. The number of ether oxygens (including phenoxy) is 1. The molecule has 0 bridgehead atoms. The van der Waals surface area contributed by atoms with Gasteiger partial charge in [0.2, 0.25) is 17.7 Å². The molecule has 35 heavy (non-hydrogen) atoms. The summed E-state index contributed by atoms with van der Waals surface area (Å²) in [6.07, 6.45) is 0.136. The molecule has 1 aromatic heterocycles. The van der Waals surface area contributed by atoms with E-state index < -0.39 is 5.92 Å². The van der Waals surface area contributed by atoms with E-state index in [0.717, 1.165) is 17.0 Å². The van der Waals surface area contributed by atoms with Crippen LogP contribution in [-0.2, 0) is 14.4 Å². The topological polar surface area (TPSA) is 101 Å². The van der Waals surface area contributed by atoms with Gasteiger partial charge in [0.15, 0.2) is 4.34 Å². The Balaban J connectivity index is 1.49. The third kappa shape index (κ3) is 6.01. The summed E-state index contributed by atoms with van der Waals surface area (Å²) in [5.74, 6) is 0.0672. The highest BCUT2D eigenvalue weighted by Crippen LogP contribution is 2.38. The maximum Gasteiger partial charge on any atom is 0.230 e. The molecule has 1 aliphatic heterocycles. The van der Waals surface area contributed by atoms with Crippen molar-refractivity contribution in [1.82, 2.24) is 10.3 Å². The molecule has 3 amide bonds. The van der Waals surface area contributed by atoms with Crippen LogP contribution in [0.5, 0.6) is 5.75 Å². The molecule has 2 N–H and O–H groups in total. The minimum absolute atomic E-state index is 0.0938. The maximum atomic E-state index is 13.2. The van der Waals surface area contributed by atoms with E-state index in [-0.39, 0.29) is 29.9 Å². The normalized spacial score (nSPS) is 15.2. The van der Waals surface area contributed by atoms with E-state index in [0.29, 0.717) is 28.2 Å². The predicted molar refractivity (Wildman–Crippen MR) is 139 cm³/mol. The molecule has 1 saturated heterocycles. The van der Waals surface area contributed by atoms with Crippen molar-refractivity contribution < 1.29 is 19.1 Å². The van der Waals surface area contributed by atoms with E-state index in [1.807, 2.05) is 61.5 Å². The number of thiazole rings is 1. The molecule has 182 valence electrons. The van der Waals surface area contributed by atoms with Gasteiger partial charge in [0, 0.05) is 31.3 Å². The fourth-order valence-corrected chi connectivity index (χ4v) is 5.61. The van der Waals surface area contributed by atoms with Gasteiger partial charge < -0.3 is 20.3 Å². The molecule has 3 aromatic rings. The highest BCUT2D eigenvalue weighted by molar-refractivity contribution is 8.01. The molecule has 0 radical (unpaired) electrons. The van der Waals surface area contributed by atoms with E-state index in [9.17, 15) is 14.4 Å². The molecule has 1 unspecified atom stereocenters. The molecule has 1 aliphatic rings. The standard InChI is InChI=1S/C25H26N4O4S2/c1-3-33-19-11-9-18(10-12-19)29-14-17(13-21(29)31)23(32)28-24-22(16-7-5-4-6-8-16)27-25(35-24)34-15-20(30)26-2/h4-12,17H,3,13-15H2,1-2H3,(H,26,30)(H,28,32). The van der Waals surface area contributed by atoms with Crippen molar-refractivity contribution in [3.8, 4) is 17.0 Å². The van der Waals surface area contributed by atoms with Gasteiger partial charge in [-0.3, -0.25) is 14.4 Å². The van der Waals surface area contributed by atoms with Gasteiger partial charge in [0.1, 0.15) is 16.4 Å². The molecular formula is C25H26N4O4S2. The second-order valence-electron chi connectivity index (χ2n) is 7.81. The van der Waals surface area contributed by atoms with Gasteiger partial charge >= 0.3 is 0 Å². The number of carbonyl (C=O) groups excluding carboxylic acids is 3. The fourth-order valence-electron chi connectivity index (χ4n) is 3.67. The Hall–Kier alpha value is -3.37. The number of thioether (sulfide) groups is 1. The highest BCUT2D eigenvalue weighted by atomic mass is 32.2. The van der Waals surface area contributed by atoms with Crippen molar-refractivity contribution in [1.29, 1.82) is 0 Å². The second kappa shape index (κ2) is 11.4. The first kappa shape index (κ1) is 24.7. The van der Waals surface area contributed by atoms with Crippen LogP contribution >= 0.6 is 23.1 Å². The van der Waals surface area contributed by atoms with Crippen LogP contribution in [0.4, 0.5) is 10.7 Å². The summed E-state index contributed by atoms with van der Waals surface area (Å²) in [6, 6.07) is 16.9. The zero-order valence-corrected chi connectivity index (χ0v) is 21.1. The predicted octanol–water partition coefficient (Wildman–Crippen LogP) is 4.04. The summed E-state index contributed by atoms with van der Waals surface area (Å²) in [5, 5.41) is 6.19. The minimum atomic E-state index is -0.484. The summed E-state index contributed by atoms with van der Waals surface area (Å²) >= 11 is 2.64. The summed E-state index contributed by atoms with van der Waals surface area (Å²) < 4.78 is 6.15. The lowest BCUT2D eigenvalue weighted by molar-refractivity contribution is -0.122. The Morgan fingerprint density at radius 1 is 1.17 bits per heavy atom. The van der Waals surface area contributed by atoms with Crippen LogP contribution in [0.2, 0.25) is 0 Å². The molecule has 1 atom stereocenters. The summed E-state index contributed by atoms with van der Waals surface area (Å²) in [6.45, 7) is 2.78. The number of anilines is 2. The fraction of sp³-hybridized carbons (Fsp3) is 0.280. The number of nitrogens with one attached hydrogen (secondary N) is 2. The lowest BCUT2D eigenvalue weighted by Crippen LogP contribution is -2.28. The van der Waals surface area contributed by atoms with Crippen molar-refractivity contribution in [3.05, 3.63) is 54.6 Å². The summed E-state index contributed by atoms with van der Waals surface area (Å²) in [4.78, 5) is 43.8. The largest absolute Gasteiger partial charge is 0.494 e. The number of carbonyl (C=O) groups is 3. The lowest BCUT2D eigenvalue weighted by Gasteiger charge is -2.17. The van der Waals surface area contributed by atoms with Crippen molar-refractivity contribution in [3.63, 3.8) is 0 Å². The van der Waals surface area contributed by atoms with Crippen LogP contribution in [0.25, 0.3) is 11.3 Å². The first-order valence-electron chi connectivity index (χ1n) is 11.2. The molecule has 2 heterocycles. The minimum Gasteiger partial charge on any atom is -0.494 e. The average Bonchev–Trinajstić information content (AvgIpc) is 3.47. The Morgan fingerprint density at radius 2 is 1.91 bits per heavy atom. The van der Waals surface area contributed by atoms with Crippen molar-refractivity contribution in [2.45, 2.75) is 17.7 Å². The molecule has 10 heteroatoms. The lowest BCUT2D eigenvalue weighted by atomic mass is 10.1. The van der Waals surface area contributed by atoms with Gasteiger partial charge in [-0.05, 0) is 31.2 Å². The van der Waals surface area contributed by atoms with Gasteiger partial charge in [-0.25, -0.2) is 4.98 Å². The SMILES string of the molecule is CCOc1ccc(N2CC(C(=O)Nc3sc(SCC(=O)NC)nc3-c3ccccc3)CC2=O)cc1. The number of aromatic nitrogens is 1. The van der Waals surface area contributed by atoms with Crippen molar-refractivity contribution in [2.75, 3.05) is 36.2 Å². The zero-order chi connectivity index (χ0) is 24.8. The first-order chi connectivity index (χ1) is 17.0. The van der Waals surface area contributed by atoms with Crippen LogP contribution in [0.3, 0.4) is 0 Å². The molecule has 4 rings (SSSR count). The van der Waals surface area contributed by atoms with E-state index in [4.69, 9.17) is 4.74 Å². The van der Waals surface area contributed by atoms with Gasteiger partial charge in [-0.15, -0.1) is 0 Å². The van der Waals surface area contributed by atoms with Crippen LogP contribution < -0.4 is 20.3 Å². The average molecular weight is 511 g/mol. The molecule has 2 aromatic carbocycles. The number of amides is 3. The van der Waals surface area contributed by atoms with Crippen LogP contribution in [0.1, 0.15) is 13.3 Å². The Kier molecular flexibility index (Phi) is 8.04. The summed E-state index contributed by atoms with van der Waals surface area (Å²) in [7, 11) is 1.59. The van der Waals surface area contributed by atoms with Crippen molar-refractivity contribution >= 4 is 51.5 Å². The molecule has 8 nitrogen and oxygen atoms in total. The Morgan fingerprint density at radius 3 is 2.60 bits per heavy atom. The molecule has 0 aliphatic carbocycles. The second-order valence-corrected chi connectivity index (χ2v) is 10.0. The Labute approximate surface area is 212 Å². The zero-order valence-electron chi connectivity index (χ0n) is 19.4. The number of rotatable bonds is 9. The molecular weight excluding hydrogens is 484 g/mol. The van der Waals surface area contributed by atoms with Gasteiger partial charge in [0.05, 0.1) is 18.3 Å². The van der Waals surface area contributed by atoms with Gasteiger partial charge in [0.25, 0.3) is 0 Å². The van der Waals surface area contributed by atoms with Crippen molar-refractivity contribution in [2.24, 2.45) is 5.92 Å². The maximum absolute atomic E-state index is 13.2. The summed E-state index contributed by atoms with van der Waals surface area (Å²) in [5.41, 5.74) is 2.25. The molecule has 1 fully saturated rings. The van der Waals surface area contributed by atoms with E-state index >= 15 is 0 Å². The van der Waals surface area contributed by atoms with E-state index in [2.05, 4.69) is 15.6 Å². The number of nitrogens with zero attached hydrogens (tertiary/aromatic N) is 2. The monoisotopic (exact) mass is 510 g/mol. The highest BCUT2D eigenvalue weighted by Gasteiger charge is 2.35. The van der Waals surface area contributed by atoms with Gasteiger partial charge in [-0.2, -0.15) is 0 Å². The van der Waals surface area contributed by atoms with Crippen LogP contribution in [0, 0.1) is 5.92 Å².